The van der Waals surface area contributed by atoms with E-state index in [0.29, 0.717) is 10.9 Å². The summed E-state index contributed by atoms with van der Waals surface area (Å²) in [5, 5.41) is 0. The number of alkyl halides is 3. The highest BCUT2D eigenvalue weighted by Crippen LogP contribution is 2.20. The third kappa shape index (κ3) is 10.1. The Morgan fingerprint density at radius 3 is 1.57 bits per heavy atom. The van der Waals surface area contributed by atoms with E-state index in [1.54, 1.807) is 0 Å². The van der Waals surface area contributed by atoms with Crippen LogP contribution in [0.4, 0.5) is 13.2 Å². The molecule has 0 rings (SSSR count). The van der Waals surface area contributed by atoms with Crippen molar-refractivity contribution in [2.75, 3.05) is 18.3 Å². The van der Waals surface area contributed by atoms with E-state index in [0.717, 1.165) is 0 Å². The van der Waals surface area contributed by atoms with Crippen LogP contribution in [-0.4, -0.2) is 36.7 Å². The third-order valence-electron chi connectivity index (χ3n) is 0.896. The summed E-state index contributed by atoms with van der Waals surface area (Å²) in [6.45, 7) is 2.23. The lowest BCUT2D eigenvalue weighted by atomic mass is 10.6. The van der Waals surface area contributed by atoms with Crippen molar-refractivity contribution in [1.29, 1.82) is 0 Å². The molecule has 88 valence electrons. The molecule has 0 aromatic carbocycles. The molecule has 8 heteroatoms. The topological polar surface area (TPSA) is 57.2 Å². The van der Waals surface area contributed by atoms with Crippen LogP contribution in [0.15, 0.2) is 0 Å². The molecule has 0 N–H and O–H groups in total. The highest BCUT2D eigenvalue weighted by atomic mass is 32.2. The van der Waals surface area contributed by atoms with E-state index >= 15 is 0 Å². The first-order valence-electron chi connectivity index (χ1n) is 3.58. The zero-order valence-electron chi connectivity index (χ0n) is 8.09. The van der Waals surface area contributed by atoms with Gasteiger partial charge in [0.1, 0.15) is 5.75 Å². The SMILES string of the molecule is CCC[S+](C)C.O=S(=O)([O-])C(F)(F)F. The molecule has 0 spiro atoms. The van der Waals surface area contributed by atoms with Gasteiger partial charge in [-0.3, -0.25) is 0 Å². The second kappa shape index (κ2) is 6.52. The summed E-state index contributed by atoms with van der Waals surface area (Å²) in [6.07, 6.45) is 5.91. The summed E-state index contributed by atoms with van der Waals surface area (Å²) in [7, 11) is -5.41. The van der Waals surface area contributed by atoms with Gasteiger partial charge in [0.25, 0.3) is 0 Å². The lowest BCUT2D eigenvalue weighted by molar-refractivity contribution is -0.0517. The van der Waals surface area contributed by atoms with E-state index in [9.17, 15) is 13.2 Å². The van der Waals surface area contributed by atoms with E-state index < -0.39 is 15.6 Å². The van der Waals surface area contributed by atoms with Crippen molar-refractivity contribution < 1.29 is 26.1 Å². The van der Waals surface area contributed by atoms with E-state index in [-0.39, 0.29) is 0 Å². The summed E-state index contributed by atoms with van der Waals surface area (Å²) in [4.78, 5) is 0. The first-order chi connectivity index (χ1) is 6.02. The van der Waals surface area contributed by atoms with Crippen LogP contribution in [0.5, 0.6) is 0 Å². The Balaban J connectivity index is 0. The largest absolute Gasteiger partial charge is 0.741 e. The van der Waals surface area contributed by atoms with E-state index in [4.69, 9.17) is 13.0 Å². The lowest BCUT2D eigenvalue weighted by Crippen LogP contribution is -2.21. The fourth-order valence-electron chi connectivity index (χ4n) is 0.408. The highest BCUT2D eigenvalue weighted by Gasteiger charge is 2.36. The van der Waals surface area contributed by atoms with Crippen molar-refractivity contribution >= 4 is 21.0 Å². The predicted octanol–water partition coefficient (Wildman–Crippen LogP) is 1.33. The molecule has 0 atom stereocenters. The first-order valence-corrected chi connectivity index (χ1v) is 7.20. The van der Waals surface area contributed by atoms with Crippen LogP contribution in [0, 0.1) is 0 Å². The number of halogens is 3. The maximum absolute atomic E-state index is 10.7. The lowest BCUT2D eigenvalue weighted by Gasteiger charge is -2.08. The standard InChI is InChI=1S/C5H13S.CHF3O3S/c1-4-5-6(2)3;2-1(3,4)8(5,6)7/h4-5H2,1-3H3;(H,5,6,7)/q+1;/p-1. The van der Waals surface area contributed by atoms with E-state index in [2.05, 4.69) is 19.4 Å². The van der Waals surface area contributed by atoms with Crippen molar-refractivity contribution in [1.82, 2.24) is 0 Å². The summed E-state index contributed by atoms with van der Waals surface area (Å²) < 4.78 is 58.9. The smallest absolute Gasteiger partial charge is 0.485 e. The van der Waals surface area contributed by atoms with Crippen LogP contribution >= 0.6 is 0 Å². The van der Waals surface area contributed by atoms with Crippen molar-refractivity contribution in [2.24, 2.45) is 0 Å². The molecule has 14 heavy (non-hydrogen) atoms. The van der Waals surface area contributed by atoms with Gasteiger partial charge in [-0.05, 0) is 17.3 Å². The Labute approximate surface area is 84.8 Å². The van der Waals surface area contributed by atoms with Gasteiger partial charge in [0.15, 0.2) is 10.1 Å². The summed E-state index contributed by atoms with van der Waals surface area (Å²) in [5.74, 6) is 1.40. The van der Waals surface area contributed by atoms with Gasteiger partial charge in [0.05, 0.1) is 12.5 Å². The molecule has 0 aliphatic heterocycles. The maximum atomic E-state index is 10.7. The molecular weight excluding hydrogens is 241 g/mol. The van der Waals surface area contributed by atoms with Crippen LogP contribution in [-0.2, 0) is 21.0 Å². The van der Waals surface area contributed by atoms with Crippen LogP contribution in [0.2, 0.25) is 0 Å². The third-order valence-corrected chi connectivity index (χ3v) is 2.69. The maximum Gasteiger partial charge on any atom is 0.485 e. The molecule has 0 aliphatic carbocycles. The zero-order chi connectivity index (χ0) is 12.0. The van der Waals surface area contributed by atoms with Gasteiger partial charge in [-0.1, -0.05) is 6.92 Å². The molecule has 0 fully saturated rings. The summed E-state index contributed by atoms with van der Waals surface area (Å²) >= 11 is 0. The minimum atomic E-state index is -6.09. The molecule has 0 saturated heterocycles. The van der Waals surface area contributed by atoms with Gasteiger partial charge < -0.3 is 4.55 Å². The number of hydrogen-bond donors (Lipinski definition) is 0. The predicted molar refractivity (Wildman–Crippen MR) is 50.1 cm³/mol. The van der Waals surface area contributed by atoms with Crippen LogP contribution in [0.25, 0.3) is 0 Å². The first kappa shape index (κ1) is 16.5. The minimum Gasteiger partial charge on any atom is -0.741 e. The zero-order valence-corrected chi connectivity index (χ0v) is 9.72. The molecule has 0 bridgehead atoms. The van der Waals surface area contributed by atoms with Crippen molar-refractivity contribution in [3.8, 4) is 0 Å². The van der Waals surface area contributed by atoms with Crippen molar-refractivity contribution in [2.45, 2.75) is 18.9 Å². The van der Waals surface area contributed by atoms with Crippen LogP contribution in [0.3, 0.4) is 0 Å². The van der Waals surface area contributed by atoms with E-state index in [1.165, 1.54) is 12.2 Å². The Morgan fingerprint density at radius 1 is 1.29 bits per heavy atom. The highest BCUT2D eigenvalue weighted by molar-refractivity contribution is 7.95. The van der Waals surface area contributed by atoms with E-state index in [1.807, 2.05) is 0 Å². The van der Waals surface area contributed by atoms with Crippen molar-refractivity contribution in [3.05, 3.63) is 0 Å². The monoisotopic (exact) mass is 254 g/mol. The molecule has 3 nitrogen and oxygen atoms in total. The average molecular weight is 254 g/mol. The molecule has 0 aliphatic rings. The molecule has 0 amide bonds. The molecule has 0 heterocycles. The Hall–Kier alpha value is 0.0500. The Morgan fingerprint density at radius 2 is 1.57 bits per heavy atom. The van der Waals surface area contributed by atoms with Gasteiger partial charge in [0, 0.05) is 0 Å². The average Bonchev–Trinajstić information content (AvgIpc) is 1.82. The molecular formula is C6H13F3O3S2. The van der Waals surface area contributed by atoms with Crippen LogP contribution in [0.1, 0.15) is 13.3 Å². The number of rotatable bonds is 2. The molecule has 0 aromatic rings. The molecule has 0 saturated carbocycles. The summed E-state index contributed by atoms with van der Waals surface area (Å²) in [6, 6.07) is 0. The fraction of sp³-hybridized carbons (Fsp3) is 1.00. The molecule has 0 unspecified atom stereocenters. The fourth-order valence-corrected chi connectivity index (χ4v) is 1.22. The molecule has 0 radical (unpaired) electrons. The second-order valence-electron chi connectivity index (χ2n) is 2.59. The molecule has 0 aromatic heterocycles. The van der Waals surface area contributed by atoms with Gasteiger partial charge in [-0.2, -0.15) is 13.2 Å². The quantitative estimate of drug-likeness (QED) is 0.424. The minimum absolute atomic E-state index is 0.684. The number of hydrogen-bond acceptors (Lipinski definition) is 3. The Kier molecular flexibility index (Phi) is 7.67. The second-order valence-corrected chi connectivity index (χ2v) is 6.34. The van der Waals surface area contributed by atoms with Gasteiger partial charge >= 0.3 is 5.51 Å². The summed E-state index contributed by atoms with van der Waals surface area (Å²) in [5.41, 5.74) is -5.65. The van der Waals surface area contributed by atoms with Gasteiger partial charge in [0.2, 0.25) is 0 Å². The van der Waals surface area contributed by atoms with Gasteiger partial charge in [-0.25, -0.2) is 8.42 Å². The normalized spacial score (nSPS) is 12.3. The van der Waals surface area contributed by atoms with Crippen molar-refractivity contribution in [3.63, 3.8) is 0 Å². The van der Waals surface area contributed by atoms with Crippen LogP contribution < -0.4 is 0 Å². The Bertz CT molecular complexity index is 233. The van der Waals surface area contributed by atoms with Gasteiger partial charge in [-0.15, -0.1) is 0 Å².